The molecule has 2 aromatic rings. The topological polar surface area (TPSA) is 101 Å². The van der Waals surface area contributed by atoms with Crippen LogP contribution in [-0.4, -0.2) is 16.6 Å². The Morgan fingerprint density at radius 1 is 1.12 bits per heavy atom. The Kier molecular flexibility index (Phi) is 5.42. The molecule has 164 valence electrons. The molecule has 32 heavy (non-hydrogen) atoms. The van der Waals surface area contributed by atoms with Crippen molar-refractivity contribution >= 4 is 23.1 Å². The van der Waals surface area contributed by atoms with E-state index in [2.05, 4.69) is 10.6 Å². The second-order valence-electron chi connectivity index (χ2n) is 9.10. The third kappa shape index (κ3) is 4.06. The lowest BCUT2D eigenvalue weighted by Crippen LogP contribution is -2.39. The molecule has 4 rings (SSSR count). The van der Waals surface area contributed by atoms with Crippen molar-refractivity contribution in [3.05, 3.63) is 92.8 Å². The standard InChI is InChI=1S/C25H25N3O4/c1-15-21(24(30)27-17-9-5-4-6-10-17)22(16-8-7-11-18(12-16)28(31)32)23-19(26-15)13-25(2,3)14-20(23)29/h4-12,22,26H,13-14H2,1-3H3,(H,27,30). The van der Waals surface area contributed by atoms with E-state index in [1.165, 1.54) is 12.1 Å². The molecule has 1 atom stereocenters. The molecular formula is C25H25N3O4. The van der Waals surface area contributed by atoms with Crippen molar-refractivity contribution in [1.29, 1.82) is 0 Å². The first-order valence-corrected chi connectivity index (χ1v) is 10.5. The van der Waals surface area contributed by atoms with Gasteiger partial charge in [0.05, 0.1) is 4.92 Å². The van der Waals surface area contributed by atoms with Crippen molar-refractivity contribution in [3.63, 3.8) is 0 Å². The third-order valence-corrected chi connectivity index (χ3v) is 5.93. The number of hydrogen-bond acceptors (Lipinski definition) is 5. The molecule has 0 saturated carbocycles. The summed E-state index contributed by atoms with van der Waals surface area (Å²) in [4.78, 5) is 37.7. The summed E-state index contributed by atoms with van der Waals surface area (Å²) >= 11 is 0. The number of ketones is 1. The summed E-state index contributed by atoms with van der Waals surface area (Å²) in [5.74, 6) is -1.07. The number of anilines is 1. The van der Waals surface area contributed by atoms with Crippen molar-refractivity contribution in [2.24, 2.45) is 5.41 Å². The average Bonchev–Trinajstić information content (AvgIpc) is 2.72. The zero-order chi connectivity index (χ0) is 23.0. The molecule has 2 N–H and O–H groups in total. The summed E-state index contributed by atoms with van der Waals surface area (Å²) in [7, 11) is 0. The summed E-state index contributed by atoms with van der Waals surface area (Å²) < 4.78 is 0. The van der Waals surface area contributed by atoms with Gasteiger partial charge in [-0.15, -0.1) is 0 Å². The monoisotopic (exact) mass is 431 g/mol. The minimum absolute atomic E-state index is 0.0437. The van der Waals surface area contributed by atoms with Crippen LogP contribution in [0.1, 0.15) is 45.1 Å². The van der Waals surface area contributed by atoms with E-state index < -0.39 is 10.8 Å². The third-order valence-electron chi connectivity index (χ3n) is 5.93. The zero-order valence-electron chi connectivity index (χ0n) is 18.3. The maximum atomic E-state index is 13.4. The summed E-state index contributed by atoms with van der Waals surface area (Å²) in [6.07, 6.45) is 1.01. The number of rotatable bonds is 4. The number of allylic oxidation sites excluding steroid dienone is 3. The summed E-state index contributed by atoms with van der Waals surface area (Å²) in [5, 5.41) is 17.6. The molecule has 0 bridgehead atoms. The highest BCUT2D eigenvalue weighted by Crippen LogP contribution is 2.47. The van der Waals surface area contributed by atoms with Gasteiger partial charge in [0.15, 0.2) is 5.78 Å². The molecule has 7 heteroatoms. The number of nitrogens with zero attached hydrogens (tertiary/aromatic N) is 1. The van der Waals surface area contributed by atoms with Gasteiger partial charge in [-0.25, -0.2) is 0 Å². The fraction of sp³-hybridized carbons (Fsp3) is 0.280. The van der Waals surface area contributed by atoms with Gasteiger partial charge in [0.1, 0.15) is 0 Å². The van der Waals surface area contributed by atoms with E-state index in [-0.39, 0.29) is 22.8 Å². The Labute approximate surface area is 186 Å². The number of nitro benzene ring substituents is 1. The Morgan fingerprint density at radius 3 is 2.53 bits per heavy atom. The van der Waals surface area contributed by atoms with Gasteiger partial charge in [-0.3, -0.25) is 19.7 Å². The molecule has 1 amide bonds. The molecule has 1 unspecified atom stereocenters. The van der Waals surface area contributed by atoms with Gasteiger partial charge in [0.2, 0.25) is 0 Å². The van der Waals surface area contributed by atoms with Crippen LogP contribution in [0.2, 0.25) is 0 Å². The maximum absolute atomic E-state index is 13.4. The van der Waals surface area contributed by atoms with E-state index in [0.29, 0.717) is 40.9 Å². The number of dihydropyridines is 1. The number of carbonyl (C=O) groups is 2. The number of hydrogen-bond donors (Lipinski definition) is 2. The molecule has 1 heterocycles. The van der Waals surface area contributed by atoms with Crippen LogP contribution >= 0.6 is 0 Å². The van der Waals surface area contributed by atoms with E-state index in [1.807, 2.05) is 32.0 Å². The fourth-order valence-corrected chi connectivity index (χ4v) is 4.61. The zero-order valence-corrected chi connectivity index (χ0v) is 18.3. The highest BCUT2D eigenvalue weighted by Gasteiger charge is 2.42. The van der Waals surface area contributed by atoms with Crippen LogP contribution in [0.5, 0.6) is 0 Å². The van der Waals surface area contributed by atoms with Gasteiger partial charge < -0.3 is 10.6 Å². The fourth-order valence-electron chi connectivity index (χ4n) is 4.61. The van der Waals surface area contributed by atoms with E-state index >= 15 is 0 Å². The number of nitro groups is 1. The number of carbonyl (C=O) groups excluding carboxylic acids is 2. The molecule has 1 aliphatic heterocycles. The summed E-state index contributed by atoms with van der Waals surface area (Å²) in [6.45, 7) is 5.88. The quantitative estimate of drug-likeness (QED) is 0.533. The molecule has 2 aliphatic rings. The molecule has 0 fully saturated rings. The van der Waals surface area contributed by atoms with Crippen molar-refractivity contribution in [3.8, 4) is 0 Å². The van der Waals surface area contributed by atoms with Gasteiger partial charge in [-0.05, 0) is 36.5 Å². The highest BCUT2D eigenvalue weighted by atomic mass is 16.6. The normalized spacial score (nSPS) is 19.8. The van der Waals surface area contributed by atoms with Gasteiger partial charge in [-0.1, -0.05) is 44.2 Å². The van der Waals surface area contributed by atoms with Gasteiger partial charge in [-0.2, -0.15) is 0 Å². The minimum atomic E-state index is -0.682. The predicted octanol–water partition coefficient (Wildman–Crippen LogP) is 4.84. The van der Waals surface area contributed by atoms with Crippen LogP contribution in [0.15, 0.2) is 77.1 Å². The van der Waals surface area contributed by atoms with Crippen LogP contribution in [-0.2, 0) is 9.59 Å². The molecule has 0 spiro atoms. The molecule has 0 saturated heterocycles. The first kappa shape index (κ1) is 21.5. The van der Waals surface area contributed by atoms with Crippen molar-refractivity contribution in [1.82, 2.24) is 5.32 Å². The average molecular weight is 431 g/mol. The Bertz CT molecular complexity index is 1180. The Balaban J connectivity index is 1.85. The number of nitrogens with one attached hydrogen (secondary N) is 2. The van der Waals surface area contributed by atoms with Gasteiger partial charge in [0, 0.05) is 52.7 Å². The molecule has 0 aromatic heterocycles. The van der Waals surface area contributed by atoms with Crippen molar-refractivity contribution in [2.75, 3.05) is 5.32 Å². The smallest absolute Gasteiger partial charge is 0.269 e. The van der Waals surface area contributed by atoms with Crippen LogP contribution in [0.4, 0.5) is 11.4 Å². The number of non-ortho nitro benzene ring substituents is 1. The van der Waals surface area contributed by atoms with Gasteiger partial charge in [0.25, 0.3) is 11.6 Å². The molecule has 1 aliphatic carbocycles. The Morgan fingerprint density at radius 2 is 1.84 bits per heavy atom. The van der Waals surface area contributed by atoms with Gasteiger partial charge >= 0.3 is 0 Å². The lowest BCUT2D eigenvalue weighted by Gasteiger charge is -2.39. The second-order valence-corrected chi connectivity index (χ2v) is 9.10. The number of para-hydroxylation sites is 1. The minimum Gasteiger partial charge on any atom is -0.362 e. The summed E-state index contributed by atoms with van der Waals surface area (Å²) in [6, 6.07) is 15.3. The van der Waals surface area contributed by atoms with Crippen LogP contribution < -0.4 is 10.6 Å². The number of benzene rings is 2. The van der Waals surface area contributed by atoms with E-state index in [4.69, 9.17) is 0 Å². The van der Waals surface area contributed by atoms with E-state index in [0.717, 1.165) is 5.70 Å². The number of amides is 1. The molecule has 7 nitrogen and oxygen atoms in total. The number of Topliss-reactive ketones (excluding diaryl/α,β-unsaturated/α-hetero) is 1. The largest absolute Gasteiger partial charge is 0.362 e. The van der Waals surface area contributed by atoms with Crippen molar-refractivity contribution < 1.29 is 14.5 Å². The second kappa shape index (κ2) is 8.07. The summed E-state index contributed by atoms with van der Waals surface area (Å²) in [5.41, 5.74) is 3.24. The van der Waals surface area contributed by atoms with E-state index in [9.17, 15) is 19.7 Å². The van der Waals surface area contributed by atoms with Crippen LogP contribution in [0, 0.1) is 15.5 Å². The first-order chi connectivity index (χ1) is 15.2. The molecule has 2 aromatic carbocycles. The predicted molar refractivity (Wildman–Crippen MR) is 122 cm³/mol. The Hall–Kier alpha value is -3.74. The lowest BCUT2D eigenvalue weighted by atomic mass is 9.68. The highest BCUT2D eigenvalue weighted by molar-refractivity contribution is 6.10. The lowest BCUT2D eigenvalue weighted by molar-refractivity contribution is -0.384. The molecular weight excluding hydrogens is 406 g/mol. The van der Waals surface area contributed by atoms with E-state index in [1.54, 1.807) is 31.2 Å². The van der Waals surface area contributed by atoms with Crippen molar-refractivity contribution in [2.45, 2.75) is 39.5 Å². The van der Waals surface area contributed by atoms with Crippen LogP contribution in [0.3, 0.4) is 0 Å². The maximum Gasteiger partial charge on any atom is 0.269 e. The SMILES string of the molecule is CC1=C(C(=O)Nc2ccccc2)C(c2cccc([N+](=O)[O-])c2)C2=C(CC(C)(C)CC2=O)N1. The molecule has 0 radical (unpaired) electrons. The first-order valence-electron chi connectivity index (χ1n) is 10.5. The van der Waals surface area contributed by atoms with Crippen LogP contribution in [0.25, 0.3) is 0 Å².